The van der Waals surface area contributed by atoms with Gasteiger partial charge in [-0.3, -0.25) is 9.10 Å². The fourth-order valence-corrected chi connectivity index (χ4v) is 5.23. The van der Waals surface area contributed by atoms with E-state index in [9.17, 15) is 13.2 Å². The third-order valence-electron chi connectivity index (χ3n) is 5.44. The topological polar surface area (TPSA) is 94.2 Å². The van der Waals surface area contributed by atoms with Crippen molar-refractivity contribution < 1.29 is 27.4 Å². The lowest BCUT2D eigenvalue weighted by molar-refractivity contribution is -0.119. The van der Waals surface area contributed by atoms with Crippen LogP contribution in [0.3, 0.4) is 0 Å². The zero-order valence-electron chi connectivity index (χ0n) is 20.4. The average Bonchev–Trinajstić information content (AvgIpc) is 2.90. The molecule has 0 aliphatic heterocycles. The molecule has 10 heteroatoms. The molecule has 3 rings (SSSR count). The average molecular weight is 533 g/mol. The second kappa shape index (κ2) is 12.5. The van der Waals surface area contributed by atoms with Crippen molar-refractivity contribution in [3.63, 3.8) is 0 Å². The number of rotatable bonds is 12. The van der Waals surface area contributed by atoms with Gasteiger partial charge in [0.05, 0.1) is 31.9 Å². The smallest absolute Gasteiger partial charge is 0.264 e. The molecule has 0 spiro atoms. The molecule has 0 aliphatic rings. The van der Waals surface area contributed by atoms with Crippen LogP contribution in [0.5, 0.6) is 17.2 Å². The van der Waals surface area contributed by atoms with Crippen LogP contribution in [0, 0.1) is 0 Å². The van der Waals surface area contributed by atoms with E-state index in [0.717, 1.165) is 9.87 Å². The number of halogens is 1. The van der Waals surface area contributed by atoms with Crippen molar-refractivity contribution in [2.45, 2.75) is 17.7 Å². The molecule has 0 aliphatic carbocycles. The number of aryl methyl sites for hydroxylation is 1. The summed E-state index contributed by atoms with van der Waals surface area (Å²) in [5, 5.41) is 3.12. The molecule has 0 heterocycles. The molecule has 0 atom stereocenters. The molecule has 36 heavy (non-hydrogen) atoms. The number of sulfonamides is 1. The quantitative estimate of drug-likeness (QED) is 0.349. The van der Waals surface area contributed by atoms with Crippen molar-refractivity contribution in [2.24, 2.45) is 0 Å². The fraction of sp³-hybridized carbons (Fsp3) is 0.269. The van der Waals surface area contributed by atoms with E-state index in [1.807, 2.05) is 18.2 Å². The summed E-state index contributed by atoms with van der Waals surface area (Å²) in [7, 11) is 0.499. The highest BCUT2D eigenvalue weighted by atomic mass is 35.5. The highest BCUT2D eigenvalue weighted by Gasteiger charge is 2.29. The maximum atomic E-state index is 13.5. The molecule has 0 bridgehead atoms. The van der Waals surface area contributed by atoms with Crippen LogP contribution in [0.4, 0.5) is 5.69 Å². The summed E-state index contributed by atoms with van der Waals surface area (Å²) in [6.07, 6.45) is 1.34. The van der Waals surface area contributed by atoms with E-state index in [0.29, 0.717) is 35.9 Å². The molecule has 0 aromatic heterocycles. The molecule has 3 aromatic rings. The third kappa shape index (κ3) is 6.61. The minimum atomic E-state index is -4.08. The molecule has 1 N–H and O–H groups in total. The van der Waals surface area contributed by atoms with Crippen molar-refractivity contribution in [3.05, 3.63) is 77.3 Å². The van der Waals surface area contributed by atoms with Crippen molar-refractivity contribution in [3.8, 4) is 17.2 Å². The van der Waals surface area contributed by atoms with Crippen LogP contribution in [0.15, 0.2) is 71.6 Å². The minimum Gasteiger partial charge on any atom is -0.495 e. The van der Waals surface area contributed by atoms with E-state index in [2.05, 4.69) is 5.32 Å². The number of nitrogens with zero attached hydrogens (tertiary/aromatic N) is 1. The largest absolute Gasteiger partial charge is 0.495 e. The zero-order valence-corrected chi connectivity index (χ0v) is 21.9. The van der Waals surface area contributed by atoms with Gasteiger partial charge < -0.3 is 19.5 Å². The number of amides is 1. The van der Waals surface area contributed by atoms with Crippen LogP contribution in [-0.4, -0.2) is 48.7 Å². The van der Waals surface area contributed by atoms with Gasteiger partial charge in [-0.15, -0.1) is 0 Å². The third-order valence-corrected chi connectivity index (χ3v) is 7.45. The Morgan fingerprint density at radius 2 is 1.56 bits per heavy atom. The molecule has 1 amide bonds. The molecular weight excluding hydrogens is 504 g/mol. The lowest BCUT2D eigenvalue weighted by atomic mass is 10.1. The second-order valence-electron chi connectivity index (χ2n) is 7.78. The molecule has 192 valence electrons. The highest BCUT2D eigenvalue weighted by molar-refractivity contribution is 7.92. The first-order chi connectivity index (χ1) is 17.3. The van der Waals surface area contributed by atoms with Crippen LogP contribution in [0.2, 0.25) is 5.02 Å². The van der Waals surface area contributed by atoms with Crippen molar-refractivity contribution >= 4 is 33.2 Å². The number of carbonyl (C=O) groups excluding carboxylic acids is 1. The van der Waals surface area contributed by atoms with Crippen LogP contribution >= 0.6 is 11.6 Å². The van der Waals surface area contributed by atoms with Crippen LogP contribution in [0.1, 0.15) is 12.0 Å². The maximum absolute atomic E-state index is 13.5. The lowest BCUT2D eigenvalue weighted by Gasteiger charge is -2.26. The summed E-state index contributed by atoms with van der Waals surface area (Å²) in [4.78, 5) is 12.9. The van der Waals surface area contributed by atoms with Gasteiger partial charge in [0.1, 0.15) is 12.3 Å². The number of anilines is 1. The number of methoxy groups -OCH3 is 3. The van der Waals surface area contributed by atoms with Gasteiger partial charge in [-0.25, -0.2) is 8.42 Å². The van der Waals surface area contributed by atoms with Crippen LogP contribution in [0.25, 0.3) is 0 Å². The normalized spacial score (nSPS) is 11.0. The van der Waals surface area contributed by atoms with Crippen molar-refractivity contribution in [2.75, 3.05) is 38.7 Å². The first kappa shape index (κ1) is 27.2. The first-order valence-electron chi connectivity index (χ1n) is 11.2. The number of hydrogen-bond donors (Lipinski definition) is 1. The Kier molecular flexibility index (Phi) is 9.44. The fourth-order valence-electron chi connectivity index (χ4n) is 3.62. The molecular formula is C26H29ClN2O6S. The summed E-state index contributed by atoms with van der Waals surface area (Å²) in [5.41, 5.74) is 1.20. The summed E-state index contributed by atoms with van der Waals surface area (Å²) in [6.45, 7) is -0.0800. The molecule has 0 unspecified atom stereocenters. The Morgan fingerprint density at radius 3 is 2.22 bits per heavy atom. The molecule has 0 fully saturated rings. The van der Waals surface area contributed by atoms with Gasteiger partial charge >= 0.3 is 0 Å². The summed E-state index contributed by atoms with van der Waals surface area (Å²) in [5.74, 6) is 1.10. The minimum absolute atomic E-state index is 0.0493. The summed E-state index contributed by atoms with van der Waals surface area (Å²) >= 11 is 6.16. The first-order valence-corrected chi connectivity index (χ1v) is 13.0. The molecule has 3 aromatic carbocycles. The van der Waals surface area contributed by atoms with E-state index in [-0.39, 0.29) is 16.3 Å². The van der Waals surface area contributed by atoms with Crippen LogP contribution in [-0.2, 0) is 21.2 Å². The zero-order chi connectivity index (χ0) is 26.1. The summed E-state index contributed by atoms with van der Waals surface area (Å²) in [6, 6.07) is 18.2. The molecule has 0 radical (unpaired) electrons. The number of hydrogen-bond acceptors (Lipinski definition) is 6. The Balaban J connectivity index is 1.73. The predicted molar refractivity (Wildman–Crippen MR) is 140 cm³/mol. The second-order valence-corrected chi connectivity index (χ2v) is 10.1. The van der Waals surface area contributed by atoms with Gasteiger partial charge in [0, 0.05) is 11.6 Å². The Hall–Kier alpha value is -3.43. The Bertz CT molecular complexity index is 1280. The summed E-state index contributed by atoms with van der Waals surface area (Å²) < 4.78 is 44.0. The van der Waals surface area contributed by atoms with Gasteiger partial charge in [-0.2, -0.15) is 0 Å². The molecule has 8 nitrogen and oxygen atoms in total. The van der Waals surface area contributed by atoms with E-state index in [1.54, 1.807) is 44.6 Å². The van der Waals surface area contributed by atoms with Gasteiger partial charge in [0.25, 0.3) is 10.0 Å². The predicted octanol–water partition coefficient (Wildman–Crippen LogP) is 4.31. The molecule has 0 saturated carbocycles. The number of carbonyl (C=O) groups is 1. The van der Waals surface area contributed by atoms with Crippen molar-refractivity contribution in [1.29, 1.82) is 0 Å². The van der Waals surface area contributed by atoms with E-state index >= 15 is 0 Å². The van der Waals surface area contributed by atoms with Crippen LogP contribution < -0.4 is 23.8 Å². The number of ether oxygens (including phenoxy) is 3. The molecule has 0 saturated heterocycles. The highest BCUT2D eigenvalue weighted by Crippen LogP contribution is 2.34. The lowest BCUT2D eigenvalue weighted by Crippen LogP contribution is -2.41. The van der Waals surface area contributed by atoms with Gasteiger partial charge in [0.2, 0.25) is 5.91 Å². The van der Waals surface area contributed by atoms with Gasteiger partial charge in [0.15, 0.2) is 11.5 Å². The van der Waals surface area contributed by atoms with Crippen molar-refractivity contribution in [1.82, 2.24) is 5.32 Å². The van der Waals surface area contributed by atoms with Gasteiger partial charge in [-0.05, 0) is 60.9 Å². The van der Waals surface area contributed by atoms with Gasteiger partial charge in [-0.1, -0.05) is 35.9 Å². The number of benzene rings is 3. The Labute approximate surface area is 216 Å². The van der Waals surface area contributed by atoms with E-state index in [1.165, 1.54) is 25.3 Å². The van der Waals surface area contributed by atoms with E-state index < -0.39 is 22.5 Å². The maximum Gasteiger partial charge on any atom is 0.264 e. The van der Waals surface area contributed by atoms with E-state index in [4.69, 9.17) is 25.8 Å². The SMILES string of the molecule is COc1ccc(CCCNC(=O)CN(c2cc(Cl)ccc2OC)S(=O)(=O)c2ccccc2)cc1OC. The Morgan fingerprint density at radius 1 is 0.889 bits per heavy atom. The standard InChI is InChI=1S/C26H29ClN2O6S/c1-33-23-14-12-20(27)17-22(23)29(36(31,32)21-9-5-4-6-10-21)18-26(30)28-15-7-8-19-11-13-24(34-2)25(16-19)35-3/h4-6,9-14,16-17H,7-8,15,18H2,1-3H3,(H,28,30). The monoisotopic (exact) mass is 532 g/mol. The number of nitrogens with one attached hydrogen (secondary N) is 1.